The number of rotatable bonds is 4. The van der Waals surface area contributed by atoms with Gasteiger partial charge >= 0.3 is 0 Å². The first-order chi connectivity index (χ1) is 14.5. The summed E-state index contributed by atoms with van der Waals surface area (Å²) in [6, 6.07) is 19.7. The van der Waals surface area contributed by atoms with Gasteiger partial charge in [-0.2, -0.15) is 0 Å². The summed E-state index contributed by atoms with van der Waals surface area (Å²) in [6.45, 7) is 0. The Hall–Kier alpha value is -3.93. The molecule has 6 heteroatoms. The molecule has 1 saturated heterocycles. The van der Waals surface area contributed by atoms with Crippen molar-refractivity contribution in [3.05, 3.63) is 101 Å². The number of aliphatic hydroxyl groups excluding tert-OH is 1. The maximum absolute atomic E-state index is 14.8. The molecule has 30 heavy (non-hydrogen) atoms. The fourth-order valence-electron chi connectivity index (χ4n) is 3.60. The lowest BCUT2D eigenvalue weighted by Crippen LogP contribution is -2.29. The third-order valence-electron chi connectivity index (χ3n) is 5.02. The van der Waals surface area contributed by atoms with E-state index < -0.39 is 23.5 Å². The number of Topliss-reactive ketones (excluding diaryl/α,β-unsaturated/α-hetero) is 1. The van der Waals surface area contributed by atoms with Gasteiger partial charge in [0.1, 0.15) is 17.3 Å². The number of hydrogen-bond acceptors (Lipinski definition) is 4. The molecule has 0 unspecified atom stereocenters. The fourth-order valence-corrected chi connectivity index (χ4v) is 3.60. The average Bonchev–Trinajstić information content (AvgIpc) is 3.04. The Morgan fingerprint density at radius 3 is 2.37 bits per heavy atom. The van der Waals surface area contributed by atoms with Crippen LogP contribution in [0.2, 0.25) is 0 Å². The second-order valence-corrected chi connectivity index (χ2v) is 6.76. The van der Waals surface area contributed by atoms with Gasteiger partial charge in [0.25, 0.3) is 11.7 Å². The number of carbonyl (C=O) groups is 2. The van der Waals surface area contributed by atoms with E-state index in [0.717, 1.165) is 0 Å². The van der Waals surface area contributed by atoms with E-state index in [1.54, 1.807) is 60.7 Å². The maximum atomic E-state index is 14.8. The topological polar surface area (TPSA) is 66.8 Å². The Labute approximate surface area is 172 Å². The van der Waals surface area contributed by atoms with Gasteiger partial charge in [0, 0.05) is 22.9 Å². The van der Waals surface area contributed by atoms with Gasteiger partial charge in [-0.1, -0.05) is 54.6 Å². The number of nitrogens with zero attached hydrogens (tertiary/aromatic N) is 1. The lowest BCUT2D eigenvalue weighted by atomic mass is 9.94. The monoisotopic (exact) mass is 403 g/mol. The molecule has 1 aliphatic heterocycles. The van der Waals surface area contributed by atoms with Crippen LogP contribution in [0.4, 0.5) is 10.1 Å². The first-order valence-electron chi connectivity index (χ1n) is 9.28. The van der Waals surface area contributed by atoms with Crippen molar-refractivity contribution < 1.29 is 23.8 Å². The SMILES string of the molecule is COc1cccc(N2C(=O)C(=O)C(=C(O)c3ccccc3)[C@@H]2c2ccccc2F)c1. The smallest absolute Gasteiger partial charge is 0.300 e. The normalized spacial score (nSPS) is 17.9. The lowest BCUT2D eigenvalue weighted by molar-refractivity contribution is -0.132. The van der Waals surface area contributed by atoms with E-state index in [1.807, 2.05) is 0 Å². The van der Waals surface area contributed by atoms with Crippen LogP contribution in [-0.4, -0.2) is 23.9 Å². The van der Waals surface area contributed by atoms with Crippen LogP contribution in [0.1, 0.15) is 17.2 Å². The summed E-state index contributed by atoms with van der Waals surface area (Å²) in [5.74, 6) is -2.20. The van der Waals surface area contributed by atoms with Crippen molar-refractivity contribution in [1.82, 2.24) is 0 Å². The molecule has 1 amide bonds. The lowest BCUT2D eigenvalue weighted by Gasteiger charge is -2.26. The third kappa shape index (κ3) is 3.22. The van der Waals surface area contributed by atoms with Gasteiger partial charge in [0.15, 0.2) is 0 Å². The number of anilines is 1. The van der Waals surface area contributed by atoms with Crippen LogP contribution in [0.5, 0.6) is 5.75 Å². The zero-order valence-electron chi connectivity index (χ0n) is 16.1. The first kappa shape index (κ1) is 19.4. The molecular weight excluding hydrogens is 385 g/mol. The number of benzene rings is 3. The highest BCUT2D eigenvalue weighted by atomic mass is 19.1. The molecule has 0 aliphatic carbocycles. The van der Waals surface area contributed by atoms with Crippen LogP contribution in [0.25, 0.3) is 5.76 Å². The summed E-state index contributed by atoms with van der Waals surface area (Å²) in [5, 5.41) is 10.9. The van der Waals surface area contributed by atoms with Crippen molar-refractivity contribution in [2.45, 2.75) is 6.04 Å². The Bertz CT molecular complexity index is 1160. The quantitative estimate of drug-likeness (QED) is 0.397. The van der Waals surface area contributed by atoms with Crippen LogP contribution in [0, 0.1) is 5.82 Å². The molecule has 1 N–H and O–H groups in total. The summed E-state index contributed by atoms with van der Waals surface area (Å²) in [7, 11) is 1.48. The van der Waals surface area contributed by atoms with Crippen LogP contribution >= 0.6 is 0 Å². The zero-order chi connectivity index (χ0) is 21.3. The predicted octanol–water partition coefficient (Wildman–Crippen LogP) is 4.46. The number of ether oxygens (including phenoxy) is 1. The van der Waals surface area contributed by atoms with Crippen LogP contribution in [0.3, 0.4) is 0 Å². The molecule has 0 aromatic heterocycles. The Balaban J connectivity index is 1.98. The highest BCUT2D eigenvalue weighted by Crippen LogP contribution is 2.43. The number of carbonyl (C=O) groups excluding carboxylic acids is 2. The second-order valence-electron chi connectivity index (χ2n) is 6.76. The minimum atomic E-state index is -1.13. The molecule has 3 aromatic carbocycles. The van der Waals surface area contributed by atoms with Gasteiger partial charge < -0.3 is 9.84 Å². The zero-order valence-corrected chi connectivity index (χ0v) is 16.1. The van der Waals surface area contributed by atoms with E-state index in [0.29, 0.717) is 17.0 Å². The van der Waals surface area contributed by atoms with E-state index in [9.17, 15) is 19.1 Å². The van der Waals surface area contributed by atoms with Crippen molar-refractivity contribution >= 4 is 23.1 Å². The molecule has 4 rings (SSSR count). The first-order valence-corrected chi connectivity index (χ1v) is 9.28. The van der Waals surface area contributed by atoms with E-state index in [1.165, 1.54) is 30.2 Å². The Kier molecular flexibility index (Phi) is 5.06. The molecule has 0 saturated carbocycles. The molecular formula is C24H18FNO4. The van der Waals surface area contributed by atoms with Crippen LogP contribution in [-0.2, 0) is 9.59 Å². The Morgan fingerprint density at radius 2 is 1.67 bits per heavy atom. The molecule has 1 aliphatic rings. The number of halogens is 1. The standard InChI is InChI=1S/C24H18FNO4/c1-30-17-11-7-10-16(14-17)26-21(18-12-5-6-13-19(18)25)20(23(28)24(26)29)22(27)15-8-3-2-4-9-15/h2-14,21,27H,1H3/t21-/m0/s1. The summed E-state index contributed by atoms with van der Waals surface area (Å²) >= 11 is 0. The summed E-state index contributed by atoms with van der Waals surface area (Å²) < 4.78 is 20.0. The van der Waals surface area contributed by atoms with Crippen molar-refractivity contribution in [3.8, 4) is 5.75 Å². The fraction of sp³-hybridized carbons (Fsp3) is 0.0833. The highest BCUT2D eigenvalue weighted by Gasteiger charge is 2.47. The Morgan fingerprint density at radius 1 is 0.967 bits per heavy atom. The van der Waals surface area contributed by atoms with Gasteiger partial charge in [-0.3, -0.25) is 14.5 Å². The van der Waals surface area contributed by atoms with Crippen LogP contribution < -0.4 is 9.64 Å². The van der Waals surface area contributed by atoms with E-state index in [4.69, 9.17) is 4.74 Å². The summed E-state index contributed by atoms with van der Waals surface area (Å²) in [4.78, 5) is 27.2. The van der Waals surface area contributed by atoms with Crippen molar-refractivity contribution in [2.24, 2.45) is 0 Å². The van der Waals surface area contributed by atoms with E-state index >= 15 is 0 Å². The molecule has 1 fully saturated rings. The molecule has 150 valence electrons. The van der Waals surface area contributed by atoms with Crippen molar-refractivity contribution in [2.75, 3.05) is 12.0 Å². The number of amides is 1. The van der Waals surface area contributed by atoms with Crippen LogP contribution in [0.15, 0.2) is 84.4 Å². The number of ketones is 1. The highest BCUT2D eigenvalue weighted by molar-refractivity contribution is 6.51. The van der Waals surface area contributed by atoms with Gasteiger partial charge in [0.2, 0.25) is 0 Å². The maximum Gasteiger partial charge on any atom is 0.300 e. The van der Waals surface area contributed by atoms with Crippen molar-refractivity contribution in [1.29, 1.82) is 0 Å². The molecule has 1 atom stereocenters. The second kappa shape index (κ2) is 7.83. The van der Waals surface area contributed by atoms with E-state index in [-0.39, 0.29) is 16.9 Å². The molecule has 5 nitrogen and oxygen atoms in total. The third-order valence-corrected chi connectivity index (χ3v) is 5.02. The van der Waals surface area contributed by atoms with Gasteiger partial charge in [-0.25, -0.2) is 4.39 Å². The molecule has 0 radical (unpaired) electrons. The molecule has 1 heterocycles. The summed E-state index contributed by atoms with van der Waals surface area (Å²) in [5.41, 5.74) is 0.662. The summed E-state index contributed by atoms with van der Waals surface area (Å²) in [6.07, 6.45) is 0. The minimum Gasteiger partial charge on any atom is -0.507 e. The van der Waals surface area contributed by atoms with Gasteiger partial charge in [0.05, 0.1) is 18.7 Å². The number of hydrogen-bond donors (Lipinski definition) is 1. The number of aliphatic hydroxyl groups is 1. The largest absolute Gasteiger partial charge is 0.507 e. The van der Waals surface area contributed by atoms with Gasteiger partial charge in [-0.05, 0) is 18.2 Å². The minimum absolute atomic E-state index is 0.108. The molecule has 0 spiro atoms. The molecule has 3 aromatic rings. The predicted molar refractivity (Wildman–Crippen MR) is 111 cm³/mol. The average molecular weight is 403 g/mol. The number of methoxy groups -OCH3 is 1. The molecule has 0 bridgehead atoms. The van der Waals surface area contributed by atoms with Crippen molar-refractivity contribution in [3.63, 3.8) is 0 Å². The van der Waals surface area contributed by atoms with Gasteiger partial charge in [-0.15, -0.1) is 0 Å². The van der Waals surface area contributed by atoms with E-state index in [2.05, 4.69) is 0 Å².